The molecule has 118 valence electrons. The molecule has 2 rings (SSSR count). The van der Waals surface area contributed by atoms with E-state index in [2.05, 4.69) is 10.7 Å². The van der Waals surface area contributed by atoms with Gasteiger partial charge in [0, 0.05) is 13.1 Å². The molecule has 2 heterocycles. The number of nitrogens with one attached hydrogen (secondary N) is 2. The molecular formula is C13H22N4O4. The van der Waals surface area contributed by atoms with E-state index in [-0.39, 0.29) is 12.6 Å². The fourth-order valence-electron chi connectivity index (χ4n) is 2.47. The van der Waals surface area contributed by atoms with Gasteiger partial charge in [-0.3, -0.25) is 19.9 Å². The van der Waals surface area contributed by atoms with Crippen molar-refractivity contribution in [1.29, 1.82) is 0 Å². The maximum absolute atomic E-state index is 12.1. The van der Waals surface area contributed by atoms with Crippen LogP contribution in [0.25, 0.3) is 0 Å². The molecule has 0 spiro atoms. The van der Waals surface area contributed by atoms with Crippen LogP contribution in [0.4, 0.5) is 4.79 Å². The van der Waals surface area contributed by atoms with Crippen LogP contribution in [0, 0.1) is 0 Å². The second-order valence-corrected chi connectivity index (χ2v) is 5.80. The molecule has 0 saturated carbocycles. The largest absolute Gasteiger partial charge is 0.393 e. The van der Waals surface area contributed by atoms with Gasteiger partial charge < -0.3 is 10.4 Å². The summed E-state index contributed by atoms with van der Waals surface area (Å²) in [5, 5.41) is 12.7. The molecule has 1 unspecified atom stereocenters. The number of likely N-dealkylation sites (tertiary alicyclic amines) is 1. The van der Waals surface area contributed by atoms with E-state index in [0.717, 1.165) is 5.01 Å². The highest BCUT2D eigenvalue weighted by Crippen LogP contribution is 2.19. The molecule has 2 saturated heterocycles. The minimum Gasteiger partial charge on any atom is -0.393 e. The summed E-state index contributed by atoms with van der Waals surface area (Å²) >= 11 is 0. The minimum absolute atomic E-state index is 0.104. The van der Waals surface area contributed by atoms with Crippen LogP contribution in [0.3, 0.4) is 0 Å². The Bertz CT molecular complexity index is 447. The zero-order valence-corrected chi connectivity index (χ0v) is 12.4. The Kier molecular flexibility index (Phi) is 4.48. The second kappa shape index (κ2) is 5.98. The van der Waals surface area contributed by atoms with Gasteiger partial charge in [-0.15, -0.1) is 0 Å². The number of hydrogen-bond donors (Lipinski definition) is 3. The van der Waals surface area contributed by atoms with Crippen LogP contribution in [-0.2, 0) is 9.59 Å². The first-order chi connectivity index (χ1) is 9.85. The van der Waals surface area contributed by atoms with Gasteiger partial charge in [0.05, 0.1) is 12.6 Å². The zero-order chi connectivity index (χ0) is 15.6. The summed E-state index contributed by atoms with van der Waals surface area (Å²) in [6.45, 7) is 4.78. The molecule has 8 nitrogen and oxygen atoms in total. The van der Waals surface area contributed by atoms with Gasteiger partial charge in [-0.05, 0) is 26.2 Å². The van der Waals surface area contributed by atoms with Crippen LogP contribution in [0.5, 0.6) is 0 Å². The Labute approximate surface area is 123 Å². The highest BCUT2D eigenvalue weighted by molar-refractivity contribution is 6.07. The summed E-state index contributed by atoms with van der Waals surface area (Å²) < 4.78 is 0. The molecule has 4 amide bonds. The number of hydrazine groups is 1. The number of urea groups is 1. The van der Waals surface area contributed by atoms with Crippen molar-refractivity contribution in [3.63, 3.8) is 0 Å². The lowest BCUT2D eigenvalue weighted by Gasteiger charge is -2.29. The molecular weight excluding hydrogens is 276 g/mol. The Morgan fingerprint density at radius 1 is 1.43 bits per heavy atom. The van der Waals surface area contributed by atoms with E-state index >= 15 is 0 Å². The lowest BCUT2D eigenvalue weighted by atomic mass is 10.00. The van der Waals surface area contributed by atoms with E-state index in [9.17, 15) is 19.5 Å². The highest BCUT2D eigenvalue weighted by atomic mass is 16.3. The van der Waals surface area contributed by atoms with Gasteiger partial charge in [-0.2, -0.15) is 5.01 Å². The number of aliphatic hydroxyl groups is 1. The van der Waals surface area contributed by atoms with Crippen molar-refractivity contribution in [2.75, 3.05) is 19.6 Å². The number of amides is 4. The van der Waals surface area contributed by atoms with Crippen molar-refractivity contribution in [2.45, 2.75) is 44.8 Å². The Hall–Kier alpha value is -1.67. The van der Waals surface area contributed by atoms with E-state index in [1.165, 1.54) is 0 Å². The Balaban J connectivity index is 1.88. The average molecular weight is 298 g/mol. The summed E-state index contributed by atoms with van der Waals surface area (Å²) in [6, 6.07) is -0.605. The number of imide groups is 1. The van der Waals surface area contributed by atoms with E-state index < -0.39 is 23.4 Å². The maximum Gasteiger partial charge on any atom is 0.344 e. The molecule has 2 aliphatic rings. The van der Waals surface area contributed by atoms with Crippen LogP contribution in [0.15, 0.2) is 0 Å². The average Bonchev–Trinajstić information content (AvgIpc) is 2.66. The van der Waals surface area contributed by atoms with E-state index in [1.807, 2.05) is 4.90 Å². The number of carbonyl (C=O) groups is 3. The second-order valence-electron chi connectivity index (χ2n) is 5.80. The van der Waals surface area contributed by atoms with Gasteiger partial charge in [-0.25, -0.2) is 4.79 Å². The van der Waals surface area contributed by atoms with Crippen molar-refractivity contribution >= 4 is 17.8 Å². The first-order valence-corrected chi connectivity index (χ1v) is 7.22. The summed E-state index contributed by atoms with van der Waals surface area (Å²) in [7, 11) is 0. The summed E-state index contributed by atoms with van der Waals surface area (Å²) in [5.41, 5.74) is 1.40. The van der Waals surface area contributed by atoms with Gasteiger partial charge in [0.25, 0.3) is 11.8 Å². The van der Waals surface area contributed by atoms with Gasteiger partial charge in [-0.1, -0.05) is 6.92 Å². The number of aliphatic hydroxyl groups excluding tert-OH is 1. The minimum atomic E-state index is -0.959. The normalized spacial score (nSPS) is 27.9. The third-order valence-electron chi connectivity index (χ3n) is 4.13. The Morgan fingerprint density at radius 3 is 2.57 bits per heavy atom. The first-order valence-electron chi connectivity index (χ1n) is 7.22. The number of piperidine rings is 1. The fraction of sp³-hybridized carbons (Fsp3) is 0.769. The molecule has 0 aliphatic carbocycles. The van der Waals surface area contributed by atoms with E-state index in [4.69, 9.17) is 0 Å². The lowest BCUT2D eigenvalue weighted by Crippen LogP contribution is -2.52. The predicted molar refractivity (Wildman–Crippen MR) is 73.9 cm³/mol. The number of hydrogen-bond acceptors (Lipinski definition) is 5. The molecule has 3 N–H and O–H groups in total. The molecule has 0 aromatic heterocycles. The van der Waals surface area contributed by atoms with Crippen molar-refractivity contribution in [3.05, 3.63) is 0 Å². The number of nitrogens with zero attached hydrogens (tertiary/aromatic N) is 2. The molecule has 0 aromatic rings. The third-order valence-corrected chi connectivity index (χ3v) is 4.13. The Morgan fingerprint density at radius 2 is 2.05 bits per heavy atom. The van der Waals surface area contributed by atoms with Gasteiger partial charge in [0.1, 0.15) is 5.54 Å². The molecule has 2 aliphatic heterocycles. The SMILES string of the molecule is CCC1(C)NC(=O)N(NC(=O)CN2CCC(O)CC2)C1=O. The number of carbonyl (C=O) groups excluding carboxylic acids is 3. The summed E-state index contributed by atoms with van der Waals surface area (Å²) in [5.74, 6) is -0.854. The topological polar surface area (TPSA) is 102 Å². The van der Waals surface area contributed by atoms with Gasteiger partial charge in [0.15, 0.2) is 0 Å². The van der Waals surface area contributed by atoms with Crippen LogP contribution in [-0.4, -0.2) is 64.1 Å². The molecule has 1 atom stereocenters. The molecule has 0 bridgehead atoms. The zero-order valence-electron chi connectivity index (χ0n) is 12.4. The number of rotatable bonds is 4. The molecule has 0 radical (unpaired) electrons. The highest BCUT2D eigenvalue weighted by Gasteiger charge is 2.47. The van der Waals surface area contributed by atoms with Crippen molar-refractivity contribution in [1.82, 2.24) is 20.7 Å². The van der Waals surface area contributed by atoms with Crippen LogP contribution in [0.1, 0.15) is 33.1 Å². The van der Waals surface area contributed by atoms with E-state index in [0.29, 0.717) is 32.4 Å². The third kappa shape index (κ3) is 3.33. The fourth-order valence-corrected chi connectivity index (χ4v) is 2.47. The first kappa shape index (κ1) is 15.7. The smallest absolute Gasteiger partial charge is 0.344 e. The molecule has 8 heteroatoms. The standard InChI is InChI=1S/C13H22N4O4/c1-3-13(2)11(20)17(12(21)14-13)15-10(19)8-16-6-4-9(18)5-7-16/h9,18H,3-8H2,1-2H3,(H,14,21)(H,15,19). The quantitative estimate of drug-likeness (QED) is 0.590. The van der Waals surface area contributed by atoms with Crippen molar-refractivity contribution in [3.8, 4) is 0 Å². The molecule has 2 fully saturated rings. The lowest BCUT2D eigenvalue weighted by molar-refractivity contribution is -0.139. The van der Waals surface area contributed by atoms with Crippen LogP contribution >= 0.6 is 0 Å². The van der Waals surface area contributed by atoms with Gasteiger partial charge >= 0.3 is 6.03 Å². The maximum atomic E-state index is 12.1. The molecule has 0 aromatic carbocycles. The van der Waals surface area contributed by atoms with Crippen molar-refractivity contribution in [2.24, 2.45) is 0 Å². The monoisotopic (exact) mass is 298 g/mol. The molecule has 21 heavy (non-hydrogen) atoms. The summed E-state index contributed by atoms with van der Waals surface area (Å²) in [4.78, 5) is 37.7. The predicted octanol–water partition coefficient (Wildman–Crippen LogP) is -0.805. The van der Waals surface area contributed by atoms with Crippen LogP contribution < -0.4 is 10.7 Å². The van der Waals surface area contributed by atoms with Gasteiger partial charge in [0.2, 0.25) is 0 Å². The summed E-state index contributed by atoms with van der Waals surface area (Å²) in [6.07, 6.45) is 1.41. The van der Waals surface area contributed by atoms with Crippen molar-refractivity contribution < 1.29 is 19.5 Å². The van der Waals surface area contributed by atoms with E-state index in [1.54, 1.807) is 13.8 Å². The van der Waals surface area contributed by atoms with Crippen LogP contribution in [0.2, 0.25) is 0 Å².